The van der Waals surface area contributed by atoms with Crippen molar-refractivity contribution in [2.24, 2.45) is 5.73 Å². The van der Waals surface area contributed by atoms with Crippen LogP contribution >= 0.6 is 27.3 Å². The third kappa shape index (κ3) is 4.65. The Hall–Kier alpha value is -0.680. The third-order valence-corrected chi connectivity index (χ3v) is 5.75. The molecule has 1 atom stereocenters. The van der Waals surface area contributed by atoms with Crippen LogP contribution in [0.2, 0.25) is 0 Å². The fourth-order valence-electron chi connectivity index (χ4n) is 2.40. The Morgan fingerprint density at radius 3 is 2.52 bits per heavy atom. The summed E-state index contributed by atoms with van der Waals surface area (Å²) >= 11 is 5.26. The average molecular weight is 367 g/mol. The van der Waals surface area contributed by atoms with Crippen LogP contribution in [0.5, 0.6) is 0 Å². The number of nitrogens with zero attached hydrogens (tertiary/aromatic N) is 1. The standard InChI is InChI=1S/C17H23BrN2S/c1-17(13-19,9-8-14-6-4-3-5-7-14)20(2)11-15-10-16(18)21-12-15/h3-7,10,12H,8-9,11,13,19H2,1-2H3. The quantitative estimate of drug-likeness (QED) is 0.791. The maximum absolute atomic E-state index is 6.08. The highest BCUT2D eigenvalue weighted by Gasteiger charge is 2.27. The predicted octanol–water partition coefficient (Wildman–Crippen LogP) is 4.29. The van der Waals surface area contributed by atoms with E-state index < -0.39 is 0 Å². The minimum absolute atomic E-state index is 0.0181. The topological polar surface area (TPSA) is 29.3 Å². The number of rotatable bonds is 7. The molecule has 0 amide bonds. The summed E-state index contributed by atoms with van der Waals surface area (Å²) in [6, 6.07) is 12.8. The van der Waals surface area contributed by atoms with E-state index in [0.717, 1.165) is 19.4 Å². The van der Waals surface area contributed by atoms with Crippen molar-refractivity contribution < 1.29 is 0 Å². The van der Waals surface area contributed by atoms with Crippen LogP contribution in [-0.4, -0.2) is 24.0 Å². The van der Waals surface area contributed by atoms with Crippen molar-refractivity contribution in [3.8, 4) is 0 Å². The average Bonchev–Trinajstić information content (AvgIpc) is 2.91. The van der Waals surface area contributed by atoms with Gasteiger partial charge in [-0.1, -0.05) is 30.3 Å². The van der Waals surface area contributed by atoms with Gasteiger partial charge in [-0.05, 0) is 65.3 Å². The summed E-state index contributed by atoms with van der Waals surface area (Å²) in [5, 5.41) is 2.20. The SMILES string of the molecule is CN(Cc1csc(Br)c1)C(C)(CN)CCc1ccccc1. The van der Waals surface area contributed by atoms with Crippen LogP contribution in [0.4, 0.5) is 0 Å². The Balaban J connectivity index is 1.98. The van der Waals surface area contributed by atoms with Crippen LogP contribution in [0.25, 0.3) is 0 Å². The predicted molar refractivity (Wildman–Crippen MR) is 95.7 cm³/mol. The van der Waals surface area contributed by atoms with Crippen LogP contribution in [0.3, 0.4) is 0 Å². The molecule has 0 aliphatic rings. The summed E-state index contributed by atoms with van der Waals surface area (Å²) in [5.41, 5.74) is 8.82. The first-order chi connectivity index (χ1) is 10.0. The number of hydrogen-bond donors (Lipinski definition) is 1. The Kier molecular flexibility index (Phi) is 5.99. The fourth-order valence-corrected chi connectivity index (χ4v) is 3.60. The largest absolute Gasteiger partial charge is 0.329 e. The molecule has 0 saturated carbocycles. The molecule has 1 aromatic carbocycles. The Morgan fingerprint density at radius 2 is 1.95 bits per heavy atom. The second-order valence-electron chi connectivity index (χ2n) is 5.80. The summed E-state index contributed by atoms with van der Waals surface area (Å²) in [5.74, 6) is 0. The van der Waals surface area contributed by atoms with E-state index in [2.05, 4.69) is 76.6 Å². The molecular weight excluding hydrogens is 344 g/mol. The van der Waals surface area contributed by atoms with Crippen LogP contribution in [0.1, 0.15) is 24.5 Å². The summed E-state index contributed by atoms with van der Waals surface area (Å²) in [6.07, 6.45) is 2.13. The Bertz CT molecular complexity index is 555. The highest BCUT2D eigenvalue weighted by atomic mass is 79.9. The second kappa shape index (κ2) is 7.54. The molecule has 1 unspecified atom stereocenters. The highest BCUT2D eigenvalue weighted by molar-refractivity contribution is 9.11. The van der Waals surface area contributed by atoms with Crippen molar-refractivity contribution in [1.82, 2.24) is 4.90 Å². The van der Waals surface area contributed by atoms with Crippen molar-refractivity contribution in [2.75, 3.05) is 13.6 Å². The van der Waals surface area contributed by atoms with Gasteiger partial charge in [0.25, 0.3) is 0 Å². The van der Waals surface area contributed by atoms with Gasteiger partial charge in [-0.15, -0.1) is 11.3 Å². The van der Waals surface area contributed by atoms with Gasteiger partial charge in [0.1, 0.15) is 0 Å². The lowest BCUT2D eigenvalue weighted by Crippen LogP contribution is -2.49. The zero-order chi connectivity index (χ0) is 15.3. The van der Waals surface area contributed by atoms with Gasteiger partial charge in [0, 0.05) is 18.6 Å². The smallest absolute Gasteiger partial charge is 0.0701 e. The molecule has 2 rings (SSSR count). The molecule has 0 saturated heterocycles. The Morgan fingerprint density at radius 1 is 1.24 bits per heavy atom. The first kappa shape index (κ1) is 16.7. The van der Waals surface area contributed by atoms with Gasteiger partial charge in [-0.3, -0.25) is 4.90 Å². The van der Waals surface area contributed by atoms with Crippen LogP contribution in [-0.2, 0) is 13.0 Å². The van der Waals surface area contributed by atoms with Gasteiger partial charge in [-0.25, -0.2) is 0 Å². The zero-order valence-electron chi connectivity index (χ0n) is 12.7. The van der Waals surface area contributed by atoms with E-state index in [1.165, 1.54) is 14.9 Å². The molecular formula is C17H23BrN2S. The van der Waals surface area contributed by atoms with Crippen molar-refractivity contribution in [1.29, 1.82) is 0 Å². The number of benzene rings is 1. The molecule has 2 aromatic rings. The first-order valence-electron chi connectivity index (χ1n) is 7.22. The van der Waals surface area contributed by atoms with Gasteiger partial charge in [0.05, 0.1) is 3.79 Å². The molecule has 2 nitrogen and oxygen atoms in total. The molecule has 0 radical (unpaired) electrons. The van der Waals surface area contributed by atoms with Crippen LogP contribution < -0.4 is 5.73 Å². The lowest BCUT2D eigenvalue weighted by molar-refractivity contribution is 0.126. The van der Waals surface area contributed by atoms with Gasteiger partial charge >= 0.3 is 0 Å². The van der Waals surface area contributed by atoms with Gasteiger partial charge in [-0.2, -0.15) is 0 Å². The number of likely N-dealkylation sites (N-methyl/N-ethyl adjacent to an activating group) is 1. The van der Waals surface area contributed by atoms with Crippen molar-refractivity contribution >= 4 is 27.3 Å². The maximum atomic E-state index is 6.08. The number of halogens is 1. The molecule has 4 heteroatoms. The van der Waals surface area contributed by atoms with Crippen LogP contribution in [0.15, 0.2) is 45.6 Å². The summed E-state index contributed by atoms with van der Waals surface area (Å²) in [6.45, 7) is 3.86. The van der Waals surface area contributed by atoms with Crippen molar-refractivity contribution in [3.63, 3.8) is 0 Å². The molecule has 21 heavy (non-hydrogen) atoms. The summed E-state index contributed by atoms with van der Waals surface area (Å²) < 4.78 is 1.18. The molecule has 2 N–H and O–H groups in total. The molecule has 0 aliphatic heterocycles. The van der Waals surface area contributed by atoms with Gasteiger partial charge in [0.2, 0.25) is 0 Å². The Labute approximate surface area is 140 Å². The zero-order valence-corrected chi connectivity index (χ0v) is 15.1. The monoisotopic (exact) mass is 366 g/mol. The lowest BCUT2D eigenvalue weighted by Gasteiger charge is -2.38. The van der Waals surface area contributed by atoms with E-state index in [1.54, 1.807) is 11.3 Å². The fraction of sp³-hybridized carbons (Fsp3) is 0.412. The van der Waals surface area contributed by atoms with E-state index in [4.69, 9.17) is 5.73 Å². The number of nitrogens with two attached hydrogens (primary N) is 1. The summed E-state index contributed by atoms with van der Waals surface area (Å²) in [4.78, 5) is 2.38. The molecule has 1 aromatic heterocycles. The first-order valence-corrected chi connectivity index (χ1v) is 8.89. The van der Waals surface area contributed by atoms with Gasteiger partial charge < -0.3 is 5.73 Å². The van der Waals surface area contributed by atoms with Crippen LogP contribution in [0, 0.1) is 0 Å². The number of hydrogen-bond acceptors (Lipinski definition) is 3. The molecule has 0 aliphatic carbocycles. The minimum atomic E-state index is 0.0181. The molecule has 1 heterocycles. The van der Waals surface area contributed by atoms with E-state index in [9.17, 15) is 0 Å². The third-order valence-electron chi connectivity index (χ3n) is 4.20. The minimum Gasteiger partial charge on any atom is -0.329 e. The molecule has 114 valence electrons. The lowest BCUT2D eigenvalue weighted by atomic mass is 9.91. The normalized spacial score (nSPS) is 14.3. The maximum Gasteiger partial charge on any atom is 0.0701 e. The van der Waals surface area contributed by atoms with E-state index in [0.29, 0.717) is 6.54 Å². The number of thiophene rings is 1. The number of aryl methyl sites for hydroxylation is 1. The van der Waals surface area contributed by atoms with Crippen molar-refractivity contribution in [3.05, 3.63) is 56.7 Å². The van der Waals surface area contributed by atoms with E-state index >= 15 is 0 Å². The van der Waals surface area contributed by atoms with Crippen molar-refractivity contribution in [2.45, 2.75) is 31.8 Å². The highest BCUT2D eigenvalue weighted by Crippen LogP contribution is 2.25. The summed E-state index contributed by atoms with van der Waals surface area (Å²) in [7, 11) is 2.17. The van der Waals surface area contributed by atoms with Gasteiger partial charge in [0.15, 0.2) is 0 Å². The molecule has 0 spiro atoms. The van der Waals surface area contributed by atoms with E-state index in [-0.39, 0.29) is 5.54 Å². The molecule has 0 fully saturated rings. The second-order valence-corrected chi connectivity index (χ2v) is 8.09. The molecule has 0 bridgehead atoms. The van der Waals surface area contributed by atoms with E-state index in [1.807, 2.05) is 0 Å².